The molecular formula is C22H22Cl2N2O4S. The number of nitrogens with zero attached hydrogens (tertiary/aromatic N) is 2. The minimum absolute atomic E-state index is 0.171. The molecule has 1 fully saturated rings. The van der Waals surface area contributed by atoms with Crippen LogP contribution in [0.3, 0.4) is 0 Å². The maximum absolute atomic E-state index is 12.7. The predicted molar refractivity (Wildman–Crippen MR) is 124 cm³/mol. The number of ether oxygens (including phenoxy) is 1. The van der Waals surface area contributed by atoms with E-state index in [1.807, 2.05) is 44.4 Å². The zero-order valence-corrected chi connectivity index (χ0v) is 19.9. The molecule has 2 amide bonds. The fourth-order valence-corrected chi connectivity index (χ4v) is 4.29. The van der Waals surface area contributed by atoms with Gasteiger partial charge in [-0.3, -0.25) is 19.3 Å². The summed E-state index contributed by atoms with van der Waals surface area (Å²) in [7, 11) is 0. The largest absolute Gasteiger partial charge is 0.464 e. The molecule has 0 atom stereocenters. The van der Waals surface area contributed by atoms with Gasteiger partial charge in [0.1, 0.15) is 6.54 Å². The summed E-state index contributed by atoms with van der Waals surface area (Å²) in [5.74, 6) is -0.935. The standard InChI is InChI=1S/C22H22Cl2N2O4S/c1-12(2)11-30-20(27)10-25-21(28)19(31-22(25)29)8-15-7-13(3)26(14(15)4)16-5-6-17(23)18(24)9-16/h5-9,12H,10-11H2,1-4H3/b19-8-. The summed E-state index contributed by atoms with van der Waals surface area (Å²) in [5.41, 5.74) is 3.43. The van der Waals surface area contributed by atoms with Crippen molar-refractivity contribution >= 4 is 58.2 Å². The predicted octanol–water partition coefficient (Wildman–Crippen LogP) is 5.64. The van der Waals surface area contributed by atoms with Crippen LogP contribution in [-0.4, -0.2) is 39.7 Å². The van der Waals surface area contributed by atoms with E-state index in [2.05, 4.69) is 0 Å². The number of rotatable bonds is 6. The molecule has 2 aromatic rings. The molecule has 2 heterocycles. The van der Waals surface area contributed by atoms with Gasteiger partial charge in [-0.05, 0) is 67.4 Å². The number of esters is 1. The lowest BCUT2D eigenvalue weighted by Gasteiger charge is -2.12. The van der Waals surface area contributed by atoms with E-state index >= 15 is 0 Å². The van der Waals surface area contributed by atoms with Crippen LogP contribution < -0.4 is 0 Å². The molecule has 164 valence electrons. The summed E-state index contributed by atoms with van der Waals surface area (Å²) in [4.78, 5) is 38.1. The normalized spacial score (nSPS) is 15.5. The first-order valence-electron chi connectivity index (χ1n) is 9.63. The Labute approximate surface area is 195 Å². The fraction of sp³-hybridized carbons (Fsp3) is 0.318. The molecule has 1 aromatic carbocycles. The smallest absolute Gasteiger partial charge is 0.326 e. The number of hydrogen-bond donors (Lipinski definition) is 0. The first kappa shape index (κ1) is 23.4. The molecule has 1 aromatic heterocycles. The van der Waals surface area contributed by atoms with Crippen LogP contribution in [0.2, 0.25) is 10.0 Å². The number of aromatic nitrogens is 1. The molecule has 0 unspecified atom stereocenters. The zero-order valence-electron chi connectivity index (χ0n) is 17.6. The maximum Gasteiger partial charge on any atom is 0.326 e. The summed E-state index contributed by atoms with van der Waals surface area (Å²) < 4.78 is 7.07. The minimum atomic E-state index is -0.602. The van der Waals surface area contributed by atoms with Crippen LogP contribution in [-0.2, 0) is 14.3 Å². The Morgan fingerprint density at radius 3 is 2.52 bits per heavy atom. The van der Waals surface area contributed by atoms with E-state index in [0.29, 0.717) is 10.0 Å². The molecule has 1 aliphatic heterocycles. The second-order valence-corrected chi connectivity index (χ2v) is 9.41. The van der Waals surface area contributed by atoms with Crippen LogP contribution in [0.4, 0.5) is 4.79 Å². The molecule has 1 aliphatic rings. The van der Waals surface area contributed by atoms with E-state index in [0.717, 1.165) is 39.3 Å². The van der Waals surface area contributed by atoms with Gasteiger partial charge in [0.25, 0.3) is 11.1 Å². The first-order chi connectivity index (χ1) is 14.6. The lowest BCUT2D eigenvalue weighted by atomic mass is 10.2. The molecule has 6 nitrogen and oxygen atoms in total. The number of carbonyl (C=O) groups is 3. The monoisotopic (exact) mass is 480 g/mol. The third-order valence-corrected chi connectivity index (χ3v) is 6.30. The van der Waals surface area contributed by atoms with Crippen molar-refractivity contribution in [2.24, 2.45) is 5.92 Å². The Hall–Kier alpha value is -2.22. The van der Waals surface area contributed by atoms with E-state index in [9.17, 15) is 14.4 Å². The molecule has 31 heavy (non-hydrogen) atoms. The number of amides is 2. The molecule has 1 saturated heterocycles. The van der Waals surface area contributed by atoms with Gasteiger partial charge >= 0.3 is 5.97 Å². The average molecular weight is 481 g/mol. The van der Waals surface area contributed by atoms with Crippen molar-refractivity contribution in [3.8, 4) is 5.69 Å². The van der Waals surface area contributed by atoms with Gasteiger partial charge in [0.05, 0.1) is 21.6 Å². The average Bonchev–Trinajstić information content (AvgIpc) is 3.12. The Kier molecular flexibility index (Phi) is 7.19. The van der Waals surface area contributed by atoms with Gasteiger partial charge in [-0.25, -0.2) is 0 Å². The number of carbonyl (C=O) groups excluding carboxylic acids is 3. The van der Waals surface area contributed by atoms with Gasteiger partial charge in [0.15, 0.2) is 0 Å². The molecule has 0 spiro atoms. The summed E-state index contributed by atoms with van der Waals surface area (Å²) in [6.07, 6.45) is 1.67. The van der Waals surface area contributed by atoms with Crippen molar-refractivity contribution in [2.75, 3.05) is 13.2 Å². The Morgan fingerprint density at radius 1 is 1.16 bits per heavy atom. The lowest BCUT2D eigenvalue weighted by molar-refractivity contribution is -0.147. The fourth-order valence-electron chi connectivity index (χ4n) is 3.17. The van der Waals surface area contributed by atoms with Crippen molar-refractivity contribution in [1.29, 1.82) is 0 Å². The Bertz CT molecular complexity index is 1090. The number of imide groups is 1. The Balaban J connectivity index is 1.84. The second kappa shape index (κ2) is 9.51. The van der Waals surface area contributed by atoms with Gasteiger partial charge in [-0.15, -0.1) is 0 Å². The number of aryl methyl sites for hydroxylation is 1. The molecule has 0 saturated carbocycles. The van der Waals surface area contributed by atoms with E-state index in [-0.39, 0.29) is 17.4 Å². The Morgan fingerprint density at radius 2 is 1.87 bits per heavy atom. The van der Waals surface area contributed by atoms with Crippen molar-refractivity contribution in [3.05, 3.63) is 56.2 Å². The molecule has 0 radical (unpaired) electrons. The van der Waals surface area contributed by atoms with E-state index in [4.69, 9.17) is 27.9 Å². The second-order valence-electron chi connectivity index (χ2n) is 7.61. The highest BCUT2D eigenvalue weighted by molar-refractivity contribution is 8.18. The maximum atomic E-state index is 12.7. The van der Waals surface area contributed by atoms with Gasteiger partial charge < -0.3 is 9.30 Å². The number of thioether (sulfide) groups is 1. The van der Waals surface area contributed by atoms with E-state index in [1.165, 1.54) is 0 Å². The van der Waals surface area contributed by atoms with Gasteiger partial charge in [-0.2, -0.15) is 0 Å². The summed E-state index contributed by atoms with van der Waals surface area (Å²) in [6.45, 7) is 7.51. The quantitative estimate of drug-likeness (QED) is 0.395. The minimum Gasteiger partial charge on any atom is -0.464 e. The van der Waals surface area contributed by atoms with Crippen LogP contribution in [0, 0.1) is 19.8 Å². The van der Waals surface area contributed by atoms with E-state index < -0.39 is 23.7 Å². The molecule has 3 rings (SSSR count). The van der Waals surface area contributed by atoms with Crippen molar-refractivity contribution < 1.29 is 19.1 Å². The topological polar surface area (TPSA) is 68.6 Å². The lowest BCUT2D eigenvalue weighted by Crippen LogP contribution is -2.34. The number of benzene rings is 1. The van der Waals surface area contributed by atoms with Crippen LogP contribution in [0.5, 0.6) is 0 Å². The van der Waals surface area contributed by atoms with Gasteiger partial charge in [0.2, 0.25) is 0 Å². The third-order valence-electron chi connectivity index (χ3n) is 4.66. The van der Waals surface area contributed by atoms with Gasteiger partial charge in [-0.1, -0.05) is 37.0 Å². The van der Waals surface area contributed by atoms with Crippen molar-refractivity contribution in [1.82, 2.24) is 9.47 Å². The summed E-state index contributed by atoms with van der Waals surface area (Å²) in [5, 5.41) is 0.420. The summed E-state index contributed by atoms with van der Waals surface area (Å²) in [6, 6.07) is 7.27. The first-order valence-corrected chi connectivity index (χ1v) is 11.2. The van der Waals surface area contributed by atoms with Crippen LogP contribution >= 0.6 is 35.0 Å². The van der Waals surface area contributed by atoms with Crippen LogP contribution in [0.1, 0.15) is 30.8 Å². The van der Waals surface area contributed by atoms with E-state index in [1.54, 1.807) is 18.2 Å². The SMILES string of the molecule is Cc1cc(/C=C2\SC(=O)N(CC(=O)OCC(C)C)C2=O)c(C)n1-c1ccc(Cl)c(Cl)c1. The molecule has 0 N–H and O–H groups in total. The zero-order chi connectivity index (χ0) is 22.9. The molecule has 0 bridgehead atoms. The summed E-state index contributed by atoms with van der Waals surface area (Å²) >= 11 is 13.0. The van der Waals surface area contributed by atoms with Gasteiger partial charge in [0, 0.05) is 17.1 Å². The number of halogens is 2. The number of hydrogen-bond acceptors (Lipinski definition) is 5. The van der Waals surface area contributed by atoms with Crippen molar-refractivity contribution in [3.63, 3.8) is 0 Å². The van der Waals surface area contributed by atoms with Crippen LogP contribution in [0.15, 0.2) is 29.2 Å². The highest BCUT2D eigenvalue weighted by Gasteiger charge is 2.37. The van der Waals surface area contributed by atoms with Crippen molar-refractivity contribution in [2.45, 2.75) is 27.7 Å². The van der Waals surface area contributed by atoms with Crippen LogP contribution in [0.25, 0.3) is 11.8 Å². The highest BCUT2D eigenvalue weighted by Crippen LogP contribution is 2.34. The molecule has 9 heteroatoms. The molecular weight excluding hydrogens is 459 g/mol. The third kappa shape index (κ3) is 5.17. The highest BCUT2D eigenvalue weighted by atomic mass is 35.5. The molecule has 0 aliphatic carbocycles.